The van der Waals surface area contributed by atoms with Crippen molar-refractivity contribution in [1.82, 2.24) is 4.98 Å². The molecule has 0 aliphatic rings. The number of halogens is 1. The Bertz CT molecular complexity index is 1430. The number of hydrogen-bond donors (Lipinski definition) is 1. The minimum atomic E-state index is -1.38. The SMILES string of the molecule is CCCCCCSc1cc(C(=O)c2ccc(N(C)c3ccc(Cl)cc3)cn2)cc(C(O)C(=O)c2ccccc2)c1. The van der Waals surface area contributed by atoms with Crippen molar-refractivity contribution in [2.45, 2.75) is 43.6 Å². The molecule has 1 atom stereocenters. The quantitative estimate of drug-likeness (QED) is 0.0986. The van der Waals surface area contributed by atoms with Gasteiger partial charge in [0.1, 0.15) is 11.8 Å². The summed E-state index contributed by atoms with van der Waals surface area (Å²) in [7, 11) is 1.92. The summed E-state index contributed by atoms with van der Waals surface area (Å²) in [5.41, 5.74) is 3.25. The first kappa shape index (κ1) is 29.5. The minimum Gasteiger partial charge on any atom is -0.380 e. The van der Waals surface area contributed by atoms with E-state index in [4.69, 9.17) is 11.6 Å². The van der Waals surface area contributed by atoms with Crippen LogP contribution in [0.2, 0.25) is 5.02 Å². The second kappa shape index (κ2) is 14.3. The molecule has 0 radical (unpaired) electrons. The fraction of sp³-hybridized carbons (Fsp3) is 0.242. The molecular weight excluding hydrogens is 540 g/mol. The predicted molar refractivity (Wildman–Crippen MR) is 164 cm³/mol. The standard InChI is InChI=1S/C33H33ClN2O3S/c1-3-4-5-9-18-40-29-20-24(19-25(21-29)33(39)32(38)23-10-7-6-8-11-23)31(37)30-17-16-28(22-35-30)36(2)27-14-12-26(34)13-15-27/h6-8,10-17,19-22,33,39H,3-5,9,18H2,1-2H3. The van der Waals surface area contributed by atoms with Gasteiger partial charge in [0.15, 0.2) is 5.78 Å². The number of pyridine rings is 1. The monoisotopic (exact) mass is 572 g/mol. The van der Waals surface area contributed by atoms with Crippen LogP contribution >= 0.6 is 23.4 Å². The van der Waals surface area contributed by atoms with E-state index in [1.165, 1.54) is 6.42 Å². The van der Waals surface area contributed by atoms with Gasteiger partial charge in [-0.1, -0.05) is 68.1 Å². The van der Waals surface area contributed by atoms with Gasteiger partial charge >= 0.3 is 0 Å². The maximum atomic E-state index is 13.6. The third-order valence-electron chi connectivity index (χ3n) is 6.66. The number of aromatic nitrogens is 1. The molecule has 0 amide bonds. The molecule has 0 saturated carbocycles. The van der Waals surface area contributed by atoms with Crippen LogP contribution in [0.4, 0.5) is 11.4 Å². The lowest BCUT2D eigenvalue weighted by Crippen LogP contribution is -2.14. The number of nitrogens with zero attached hydrogens (tertiary/aromatic N) is 2. The lowest BCUT2D eigenvalue weighted by Gasteiger charge is -2.19. The van der Waals surface area contributed by atoms with Gasteiger partial charge in [0, 0.05) is 33.8 Å². The van der Waals surface area contributed by atoms with Crippen LogP contribution in [-0.2, 0) is 0 Å². The highest BCUT2D eigenvalue weighted by Crippen LogP contribution is 2.29. The third kappa shape index (κ3) is 7.60. The van der Waals surface area contributed by atoms with Crippen LogP contribution in [0.15, 0.2) is 96.0 Å². The van der Waals surface area contributed by atoms with Gasteiger partial charge in [-0.3, -0.25) is 14.6 Å². The molecule has 1 N–H and O–H groups in total. The van der Waals surface area contributed by atoms with Gasteiger partial charge < -0.3 is 10.0 Å². The molecule has 3 aromatic carbocycles. The zero-order valence-corrected chi connectivity index (χ0v) is 24.3. The first-order chi connectivity index (χ1) is 19.4. The molecule has 206 valence electrons. The van der Waals surface area contributed by atoms with Gasteiger partial charge in [-0.05, 0) is 72.3 Å². The largest absolute Gasteiger partial charge is 0.380 e. The maximum Gasteiger partial charge on any atom is 0.211 e. The third-order valence-corrected chi connectivity index (χ3v) is 7.98. The summed E-state index contributed by atoms with van der Waals surface area (Å²) < 4.78 is 0. The Kier molecular flexibility index (Phi) is 10.5. The molecular formula is C33H33ClN2O3S. The number of benzene rings is 3. The summed E-state index contributed by atoms with van der Waals surface area (Å²) in [5, 5.41) is 11.7. The lowest BCUT2D eigenvalue weighted by atomic mass is 9.97. The van der Waals surface area contributed by atoms with Crippen LogP contribution < -0.4 is 4.90 Å². The van der Waals surface area contributed by atoms with Crippen molar-refractivity contribution in [1.29, 1.82) is 0 Å². The summed E-state index contributed by atoms with van der Waals surface area (Å²) in [6.07, 6.45) is 4.82. The highest BCUT2D eigenvalue weighted by Gasteiger charge is 2.22. The van der Waals surface area contributed by atoms with Crippen LogP contribution in [0.1, 0.15) is 70.7 Å². The first-order valence-electron chi connectivity index (χ1n) is 13.4. The summed E-state index contributed by atoms with van der Waals surface area (Å²) in [6, 6.07) is 24.9. The number of rotatable bonds is 13. The Labute approximate surface area is 245 Å². The molecule has 1 heterocycles. The molecule has 0 fully saturated rings. The molecule has 0 spiro atoms. The second-order valence-electron chi connectivity index (χ2n) is 9.60. The van der Waals surface area contributed by atoms with Crippen molar-refractivity contribution in [2.75, 3.05) is 17.7 Å². The number of carbonyl (C=O) groups excluding carboxylic acids is 2. The number of aliphatic hydroxyl groups excluding tert-OH is 1. The number of unbranched alkanes of at least 4 members (excludes halogenated alkanes) is 3. The highest BCUT2D eigenvalue weighted by atomic mass is 35.5. The number of Topliss-reactive ketones (excluding diaryl/α,β-unsaturated/α-hetero) is 1. The number of ketones is 2. The topological polar surface area (TPSA) is 70.5 Å². The number of anilines is 2. The minimum absolute atomic E-state index is 0.269. The fourth-order valence-corrected chi connectivity index (χ4v) is 5.45. The zero-order valence-electron chi connectivity index (χ0n) is 22.7. The molecule has 0 saturated heterocycles. The molecule has 1 aromatic heterocycles. The molecule has 4 aromatic rings. The van der Waals surface area contributed by atoms with E-state index in [0.29, 0.717) is 21.7 Å². The predicted octanol–water partition coefficient (Wildman–Crippen LogP) is 8.32. The molecule has 7 heteroatoms. The van der Waals surface area contributed by atoms with E-state index in [9.17, 15) is 14.7 Å². The van der Waals surface area contributed by atoms with Gasteiger partial charge in [0.05, 0.1) is 11.9 Å². The average molecular weight is 573 g/mol. The Morgan fingerprint density at radius 3 is 2.30 bits per heavy atom. The molecule has 1 unspecified atom stereocenters. The van der Waals surface area contributed by atoms with Gasteiger partial charge in [0.25, 0.3) is 0 Å². The van der Waals surface area contributed by atoms with Crippen LogP contribution in [0, 0.1) is 0 Å². The van der Waals surface area contributed by atoms with Gasteiger partial charge in [0.2, 0.25) is 5.78 Å². The summed E-state index contributed by atoms with van der Waals surface area (Å²) in [4.78, 5) is 33.8. The average Bonchev–Trinajstić information content (AvgIpc) is 3.00. The van der Waals surface area contributed by atoms with E-state index in [1.54, 1.807) is 54.4 Å². The Morgan fingerprint density at radius 2 is 1.62 bits per heavy atom. The van der Waals surface area contributed by atoms with Crippen molar-refractivity contribution in [3.05, 3.63) is 119 Å². The molecule has 4 rings (SSSR count). The normalized spacial score (nSPS) is 11.7. The van der Waals surface area contributed by atoms with E-state index in [0.717, 1.165) is 41.3 Å². The van der Waals surface area contributed by atoms with E-state index < -0.39 is 11.9 Å². The van der Waals surface area contributed by atoms with E-state index in [2.05, 4.69) is 11.9 Å². The summed E-state index contributed by atoms with van der Waals surface area (Å²) in [5.74, 6) is 0.218. The first-order valence-corrected chi connectivity index (χ1v) is 14.8. The van der Waals surface area contributed by atoms with Gasteiger partial charge in [-0.2, -0.15) is 0 Å². The van der Waals surface area contributed by atoms with Crippen LogP contribution in [-0.4, -0.2) is 34.5 Å². The Morgan fingerprint density at radius 1 is 0.900 bits per heavy atom. The number of thioether (sulfide) groups is 1. The zero-order chi connectivity index (χ0) is 28.5. The fourth-order valence-electron chi connectivity index (χ4n) is 4.31. The smallest absolute Gasteiger partial charge is 0.211 e. The summed E-state index contributed by atoms with van der Waals surface area (Å²) >= 11 is 7.64. The van der Waals surface area contributed by atoms with Crippen molar-refractivity contribution in [2.24, 2.45) is 0 Å². The lowest BCUT2D eigenvalue weighted by molar-refractivity contribution is 0.0746. The van der Waals surface area contributed by atoms with E-state index in [-0.39, 0.29) is 11.5 Å². The second-order valence-corrected chi connectivity index (χ2v) is 11.2. The van der Waals surface area contributed by atoms with Crippen molar-refractivity contribution in [3.8, 4) is 0 Å². The van der Waals surface area contributed by atoms with E-state index >= 15 is 0 Å². The van der Waals surface area contributed by atoms with Gasteiger partial charge in [-0.15, -0.1) is 11.8 Å². The maximum absolute atomic E-state index is 13.6. The van der Waals surface area contributed by atoms with Crippen molar-refractivity contribution in [3.63, 3.8) is 0 Å². The van der Waals surface area contributed by atoms with Crippen LogP contribution in [0.5, 0.6) is 0 Å². The Balaban J connectivity index is 1.58. The van der Waals surface area contributed by atoms with Crippen LogP contribution in [0.3, 0.4) is 0 Å². The van der Waals surface area contributed by atoms with E-state index in [1.807, 2.05) is 60.5 Å². The number of carbonyl (C=O) groups is 2. The number of aliphatic hydroxyl groups is 1. The van der Waals surface area contributed by atoms with Gasteiger partial charge in [-0.25, -0.2) is 0 Å². The highest BCUT2D eigenvalue weighted by molar-refractivity contribution is 7.99. The number of hydrogen-bond acceptors (Lipinski definition) is 6. The molecule has 5 nitrogen and oxygen atoms in total. The molecule has 0 aliphatic carbocycles. The summed E-state index contributed by atoms with van der Waals surface area (Å²) in [6.45, 7) is 2.18. The molecule has 0 aliphatic heterocycles. The Hall–Kier alpha value is -3.45. The van der Waals surface area contributed by atoms with Crippen LogP contribution in [0.25, 0.3) is 0 Å². The van der Waals surface area contributed by atoms with Crippen molar-refractivity contribution >= 4 is 46.3 Å². The molecule has 40 heavy (non-hydrogen) atoms. The van der Waals surface area contributed by atoms with Crippen molar-refractivity contribution < 1.29 is 14.7 Å². The molecule has 0 bridgehead atoms.